The van der Waals surface area contributed by atoms with Gasteiger partial charge in [-0.05, 0) is 67.9 Å². The maximum atomic E-state index is 12.3. The van der Waals surface area contributed by atoms with E-state index in [0.717, 1.165) is 32.6 Å². The van der Waals surface area contributed by atoms with Crippen molar-refractivity contribution in [2.24, 2.45) is 0 Å². The van der Waals surface area contributed by atoms with Crippen LogP contribution in [-0.4, -0.2) is 37.0 Å². The molecule has 0 saturated carbocycles. The van der Waals surface area contributed by atoms with E-state index in [1.54, 1.807) is 0 Å². The first-order valence-electron chi connectivity index (χ1n) is 8.47. The molecule has 0 radical (unpaired) electrons. The van der Waals surface area contributed by atoms with Gasteiger partial charge in [0.1, 0.15) is 0 Å². The molecular formula is C19H30N2O. The van der Waals surface area contributed by atoms with Gasteiger partial charge in [0.25, 0.3) is 0 Å². The molecule has 2 rings (SSSR count). The van der Waals surface area contributed by atoms with Crippen LogP contribution in [0.25, 0.3) is 0 Å². The third-order valence-corrected chi connectivity index (χ3v) is 5.18. The van der Waals surface area contributed by atoms with Gasteiger partial charge in [0.2, 0.25) is 5.91 Å². The summed E-state index contributed by atoms with van der Waals surface area (Å²) in [7, 11) is 0. The second kappa shape index (κ2) is 7.28. The van der Waals surface area contributed by atoms with Gasteiger partial charge in [0, 0.05) is 32.6 Å². The number of nitrogens with one attached hydrogen (secondary N) is 1. The summed E-state index contributed by atoms with van der Waals surface area (Å²) in [6.45, 7) is 14.6. The van der Waals surface area contributed by atoms with E-state index in [1.807, 2.05) is 4.90 Å². The van der Waals surface area contributed by atoms with Crippen LogP contribution in [0.2, 0.25) is 0 Å². The highest BCUT2D eigenvalue weighted by molar-refractivity contribution is 5.76. The molecule has 1 amide bonds. The molecule has 3 heteroatoms. The van der Waals surface area contributed by atoms with Crippen molar-refractivity contribution in [1.82, 2.24) is 10.2 Å². The van der Waals surface area contributed by atoms with Gasteiger partial charge < -0.3 is 10.2 Å². The van der Waals surface area contributed by atoms with Crippen LogP contribution in [0.5, 0.6) is 0 Å². The number of amides is 1. The average molecular weight is 302 g/mol. The summed E-state index contributed by atoms with van der Waals surface area (Å²) >= 11 is 0. The molecule has 1 fully saturated rings. The summed E-state index contributed by atoms with van der Waals surface area (Å²) in [6, 6.07) is 2.27. The molecular weight excluding hydrogens is 272 g/mol. The largest absolute Gasteiger partial charge is 0.340 e. The van der Waals surface area contributed by atoms with Crippen LogP contribution < -0.4 is 5.32 Å². The van der Waals surface area contributed by atoms with Gasteiger partial charge in [0.05, 0.1) is 0 Å². The van der Waals surface area contributed by atoms with E-state index in [9.17, 15) is 4.79 Å². The van der Waals surface area contributed by atoms with E-state index in [-0.39, 0.29) is 0 Å². The molecule has 1 heterocycles. The Bertz CT molecular complexity index is 519. The van der Waals surface area contributed by atoms with Crippen LogP contribution >= 0.6 is 0 Å². The van der Waals surface area contributed by atoms with Crippen LogP contribution in [0.15, 0.2) is 6.07 Å². The van der Waals surface area contributed by atoms with Gasteiger partial charge >= 0.3 is 0 Å². The zero-order valence-electron chi connectivity index (χ0n) is 14.8. The Morgan fingerprint density at radius 1 is 1.14 bits per heavy atom. The summed E-state index contributed by atoms with van der Waals surface area (Å²) in [6.07, 6.45) is 1.60. The molecule has 1 aromatic rings. The fourth-order valence-electron chi connectivity index (χ4n) is 3.54. The van der Waals surface area contributed by atoms with Gasteiger partial charge in [-0.2, -0.15) is 0 Å². The summed E-state index contributed by atoms with van der Waals surface area (Å²) in [5.41, 5.74) is 6.96. The summed E-state index contributed by atoms with van der Waals surface area (Å²) < 4.78 is 0. The molecule has 1 saturated heterocycles. The molecule has 1 aliphatic rings. The highest BCUT2D eigenvalue weighted by atomic mass is 16.2. The minimum atomic E-state index is 0.313. The summed E-state index contributed by atoms with van der Waals surface area (Å²) in [4.78, 5) is 14.3. The molecule has 1 unspecified atom stereocenters. The van der Waals surface area contributed by atoms with Crippen molar-refractivity contribution >= 4 is 5.91 Å². The number of carbonyl (C=O) groups is 1. The average Bonchev–Trinajstić information content (AvgIpc) is 2.51. The Hall–Kier alpha value is -1.35. The number of carbonyl (C=O) groups excluding carboxylic acids is 1. The SMILES string of the molecule is Cc1cc(C)c(C)c(C(C)CCC(=O)N2CCNCC2)c1C. The lowest BCUT2D eigenvalue weighted by atomic mass is 9.85. The van der Waals surface area contributed by atoms with Crippen molar-refractivity contribution < 1.29 is 4.79 Å². The van der Waals surface area contributed by atoms with Crippen LogP contribution in [0.4, 0.5) is 0 Å². The monoisotopic (exact) mass is 302 g/mol. The van der Waals surface area contributed by atoms with E-state index in [2.05, 4.69) is 46.0 Å². The van der Waals surface area contributed by atoms with Crippen molar-refractivity contribution in [3.05, 3.63) is 33.9 Å². The summed E-state index contributed by atoms with van der Waals surface area (Å²) in [5.74, 6) is 0.749. The van der Waals surface area contributed by atoms with E-state index in [0.29, 0.717) is 18.2 Å². The predicted octanol–water partition coefficient (Wildman–Crippen LogP) is 3.24. The Morgan fingerprint density at radius 3 is 2.23 bits per heavy atom. The van der Waals surface area contributed by atoms with E-state index >= 15 is 0 Å². The van der Waals surface area contributed by atoms with Crippen LogP contribution in [0, 0.1) is 27.7 Å². The quantitative estimate of drug-likeness (QED) is 0.926. The first-order valence-corrected chi connectivity index (χ1v) is 8.47. The number of hydrogen-bond donors (Lipinski definition) is 1. The van der Waals surface area contributed by atoms with E-state index in [4.69, 9.17) is 0 Å². The predicted molar refractivity (Wildman–Crippen MR) is 92.5 cm³/mol. The van der Waals surface area contributed by atoms with Crippen molar-refractivity contribution in [2.75, 3.05) is 26.2 Å². The molecule has 0 bridgehead atoms. The lowest BCUT2D eigenvalue weighted by molar-refractivity contribution is -0.131. The van der Waals surface area contributed by atoms with Crippen molar-refractivity contribution in [3.63, 3.8) is 0 Å². The third kappa shape index (κ3) is 3.70. The first kappa shape index (κ1) is 17.0. The maximum absolute atomic E-state index is 12.3. The Morgan fingerprint density at radius 2 is 1.68 bits per heavy atom. The highest BCUT2D eigenvalue weighted by Crippen LogP contribution is 2.31. The van der Waals surface area contributed by atoms with Gasteiger partial charge in [-0.1, -0.05) is 13.0 Å². The van der Waals surface area contributed by atoms with Crippen molar-refractivity contribution in [1.29, 1.82) is 0 Å². The van der Waals surface area contributed by atoms with Crippen molar-refractivity contribution in [3.8, 4) is 0 Å². The fraction of sp³-hybridized carbons (Fsp3) is 0.632. The Labute approximate surface area is 135 Å². The molecule has 22 heavy (non-hydrogen) atoms. The van der Waals surface area contributed by atoms with Gasteiger partial charge in [0.15, 0.2) is 0 Å². The van der Waals surface area contributed by atoms with Crippen molar-refractivity contribution in [2.45, 2.75) is 53.4 Å². The normalized spacial score (nSPS) is 16.7. The van der Waals surface area contributed by atoms with Crippen LogP contribution in [0.1, 0.15) is 53.5 Å². The smallest absolute Gasteiger partial charge is 0.222 e. The molecule has 0 aromatic heterocycles. The minimum Gasteiger partial charge on any atom is -0.340 e. The molecule has 1 aliphatic heterocycles. The van der Waals surface area contributed by atoms with E-state index in [1.165, 1.54) is 27.8 Å². The van der Waals surface area contributed by atoms with Crippen LogP contribution in [0.3, 0.4) is 0 Å². The molecule has 1 atom stereocenters. The Kier molecular flexibility index (Phi) is 5.63. The maximum Gasteiger partial charge on any atom is 0.222 e. The number of piperazine rings is 1. The molecule has 122 valence electrons. The molecule has 1 aromatic carbocycles. The molecule has 0 aliphatic carbocycles. The highest BCUT2D eigenvalue weighted by Gasteiger charge is 2.19. The second-order valence-corrected chi connectivity index (χ2v) is 6.74. The van der Waals surface area contributed by atoms with Gasteiger partial charge in [-0.3, -0.25) is 4.79 Å². The standard InChI is InChI=1S/C19H30N2O/c1-13(6-7-18(22)21-10-8-20-9-11-21)19-16(4)14(2)12-15(3)17(19)5/h12-13,20H,6-11H2,1-5H3. The number of aryl methyl sites for hydroxylation is 2. The molecule has 3 nitrogen and oxygen atoms in total. The lowest BCUT2D eigenvalue weighted by Gasteiger charge is -2.28. The third-order valence-electron chi connectivity index (χ3n) is 5.18. The summed E-state index contributed by atoms with van der Waals surface area (Å²) in [5, 5.41) is 3.29. The van der Waals surface area contributed by atoms with Crippen LogP contribution in [-0.2, 0) is 4.79 Å². The number of benzene rings is 1. The first-order chi connectivity index (χ1) is 10.4. The molecule has 0 spiro atoms. The Balaban J connectivity index is 2.03. The molecule has 1 N–H and O–H groups in total. The van der Waals surface area contributed by atoms with E-state index < -0.39 is 0 Å². The fourth-order valence-corrected chi connectivity index (χ4v) is 3.54. The van der Waals surface area contributed by atoms with Gasteiger partial charge in [-0.25, -0.2) is 0 Å². The number of hydrogen-bond acceptors (Lipinski definition) is 2. The lowest BCUT2D eigenvalue weighted by Crippen LogP contribution is -2.46. The second-order valence-electron chi connectivity index (χ2n) is 6.74. The zero-order valence-corrected chi connectivity index (χ0v) is 14.8. The number of nitrogens with zero attached hydrogens (tertiary/aromatic N) is 1. The topological polar surface area (TPSA) is 32.3 Å². The van der Waals surface area contributed by atoms with Gasteiger partial charge in [-0.15, -0.1) is 0 Å². The number of rotatable bonds is 4. The zero-order chi connectivity index (χ0) is 16.3. The minimum absolute atomic E-state index is 0.313.